The van der Waals surface area contributed by atoms with Crippen LogP contribution in [0.1, 0.15) is 6.92 Å². The van der Waals surface area contributed by atoms with E-state index >= 15 is 0 Å². The second-order valence-corrected chi connectivity index (χ2v) is 2.08. The van der Waals surface area contributed by atoms with E-state index < -0.39 is 6.10 Å². The largest absolute Gasteiger partial charge is 0.394 e. The fourth-order valence-corrected chi connectivity index (χ4v) is 0.479. The van der Waals surface area contributed by atoms with Crippen LogP contribution in [0.3, 0.4) is 0 Å². The molecular formula is C7H14O3. The molecule has 0 fully saturated rings. The van der Waals surface area contributed by atoms with Crippen molar-refractivity contribution in [3.8, 4) is 0 Å². The zero-order valence-corrected chi connectivity index (χ0v) is 6.16. The highest BCUT2D eigenvalue weighted by atomic mass is 16.5. The molecule has 0 spiro atoms. The van der Waals surface area contributed by atoms with E-state index in [1.165, 1.54) is 0 Å². The molecule has 0 rings (SSSR count). The molecule has 3 heteroatoms. The van der Waals surface area contributed by atoms with Crippen LogP contribution in [0.2, 0.25) is 0 Å². The Hall–Kier alpha value is -0.380. The Kier molecular flexibility index (Phi) is 5.20. The van der Waals surface area contributed by atoms with Gasteiger partial charge in [0, 0.05) is 0 Å². The highest BCUT2D eigenvalue weighted by Crippen LogP contribution is 1.96. The Morgan fingerprint density at radius 3 is 2.70 bits per heavy atom. The van der Waals surface area contributed by atoms with E-state index in [0.29, 0.717) is 6.61 Å². The molecule has 2 unspecified atom stereocenters. The summed E-state index contributed by atoms with van der Waals surface area (Å²) >= 11 is 0. The summed E-state index contributed by atoms with van der Waals surface area (Å²) in [4.78, 5) is 0. The van der Waals surface area contributed by atoms with Crippen LogP contribution in [0.5, 0.6) is 0 Å². The summed E-state index contributed by atoms with van der Waals surface area (Å²) in [6.45, 7) is 5.28. The van der Waals surface area contributed by atoms with Gasteiger partial charge in [-0.25, -0.2) is 0 Å². The molecule has 3 nitrogen and oxygen atoms in total. The van der Waals surface area contributed by atoms with Crippen LogP contribution < -0.4 is 0 Å². The van der Waals surface area contributed by atoms with Gasteiger partial charge in [0.05, 0.1) is 19.3 Å². The first-order valence-corrected chi connectivity index (χ1v) is 3.23. The van der Waals surface area contributed by atoms with Crippen LogP contribution in [0.4, 0.5) is 0 Å². The first-order valence-electron chi connectivity index (χ1n) is 3.23. The Balaban J connectivity index is 3.40. The average molecular weight is 146 g/mol. The fraction of sp³-hybridized carbons (Fsp3) is 0.714. The van der Waals surface area contributed by atoms with Gasteiger partial charge in [0.25, 0.3) is 0 Å². The quantitative estimate of drug-likeness (QED) is 0.534. The summed E-state index contributed by atoms with van der Waals surface area (Å²) in [5, 5.41) is 17.4. The Morgan fingerprint density at radius 2 is 2.30 bits per heavy atom. The molecule has 0 aliphatic rings. The Labute approximate surface area is 60.9 Å². The smallest absolute Gasteiger partial charge is 0.103 e. The molecule has 2 N–H and O–H groups in total. The lowest BCUT2D eigenvalue weighted by Crippen LogP contribution is -2.29. The number of rotatable bonds is 5. The lowest BCUT2D eigenvalue weighted by molar-refractivity contribution is -0.0392. The molecule has 0 bridgehead atoms. The van der Waals surface area contributed by atoms with Crippen LogP contribution in [0.15, 0.2) is 12.7 Å². The summed E-state index contributed by atoms with van der Waals surface area (Å²) in [5.41, 5.74) is 0. The minimum atomic E-state index is -0.792. The highest BCUT2D eigenvalue weighted by molar-refractivity contribution is 4.68. The van der Waals surface area contributed by atoms with E-state index in [9.17, 15) is 0 Å². The molecule has 60 valence electrons. The standard InChI is InChI=1S/C7H14O3/c1-3-4-10-6(2)7(9)5-8/h3,6-9H,1,4-5H2,2H3. The van der Waals surface area contributed by atoms with Gasteiger partial charge in [-0.1, -0.05) is 6.08 Å². The molecule has 0 radical (unpaired) electrons. The summed E-state index contributed by atoms with van der Waals surface area (Å²) < 4.78 is 5.02. The molecule has 10 heavy (non-hydrogen) atoms. The van der Waals surface area contributed by atoms with Crippen LogP contribution in [0, 0.1) is 0 Å². The van der Waals surface area contributed by atoms with Crippen LogP contribution in [-0.4, -0.2) is 35.6 Å². The maximum absolute atomic E-state index is 8.94. The number of ether oxygens (including phenoxy) is 1. The molecule has 0 saturated carbocycles. The minimum Gasteiger partial charge on any atom is -0.394 e. The molecule has 0 aliphatic carbocycles. The number of hydrogen-bond donors (Lipinski definition) is 2. The topological polar surface area (TPSA) is 49.7 Å². The Bertz CT molecular complexity index is 92.9. The molecule has 0 aromatic heterocycles. The van der Waals surface area contributed by atoms with E-state index in [-0.39, 0.29) is 12.7 Å². The van der Waals surface area contributed by atoms with Gasteiger partial charge in [-0.2, -0.15) is 0 Å². The van der Waals surface area contributed by atoms with Crippen molar-refractivity contribution in [3.63, 3.8) is 0 Å². The van der Waals surface area contributed by atoms with Gasteiger partial charge < -0.3 is 14.9 Å². The number of hydrogen-bond acceptors (Lipinski definition) is 3. The third-order valence-corrected chi connectivity index (χ3v) is 1.21. The summed E-state index contributed by atoms with van der Waals surface area (Å²) in [6.07, 6.45) is 0.476. The SMILES string of the molecule is C=CCOC(C)C(O)CO. The normalized spacial score (nSPS) is 16.3. The van der Waals surface area contributed by atoms with Gasteiger partial charge >= 0.3 is 0 Å². The lowest BCUT2D eigenvalue weighted by Gasteiger charge is -2.15. The van der Waals surface area contributed by atoms with Crippen molar-refractivity contribution in [2.24, 2.45) is 0 Å². The van der Waals surface area contributed by atoms with Crippen LogP contribution >= 0.6 is 0 Å². The fourth-order valence-electron chi connectivity index (χ4n) is 0.479. The maximum atomic E-state index is 8.94. The molecule has 0 heterocycles. The molecule has 0 aliphatic heterocycles. The second-order valence-electron chi connectivity index (χ2n) is 2.08. The van der Waals surface area contributed by atoms with Crippen molar-refractivity contribution in [2.75, 3.05) is 13.2 Å². The molecular weight excluding hydrogens is 132 g/mol. The average Bonchev–Trinajstić information content (AvgIpc) is 1.98. The first-order chi connectivity index (χ1) is 4.72. The predicted molar refractivity (Wildman–Crippen MR) is 38.7 cm³/mol. The molecule has 0 aromatic rings. The maximum Gasteiger partial charge on any atom is 0.103 e. The third kappa shape index (κ3) is 3.61. The van der Waals surface area contributed by atoms with Gasteiger partial charge in [0.1, 0.15) is 6.10 Å². The third-order valence-electron chi connectivity index (χ3n) is 1.21. The second kappa shape index (κ2) is 5.41. The lowest BCUT2D eigenvalue weighted by atomic mass is 10.2. The van der Waals surface area contributed by atoms with Crippen molar-refractivity contribution in [3.05, 3.63) is 12.7 Å². The van der Waals surface area contributed by atoms with Crippen molar-refractivity contribution in [1.29, 1.82) is 0 Å². The van der Waals surface area contributed by atoms with Crippen molar-refractivity contribution >= 4 is 0 Å². The Morgan fingerprint density at radius 1 is 1.70 bits per heavy atom. The van der Waals surface area contributed by atoms with E-state index in [2.05, 4.69) is 6.58 Å². The van der Waals surface area contributed by atoms with Gasteiger partial charge in [0.15, 0.2) is 0 Å². The van der Waals surface area contributed by atoms with Gasteiger partial charge in [-0.05, 0) is 6.92 Å². The molecule has 0 aromatic carbocycles. The van der Waals surface area contributed by atoms with Crippen molar-refractivity contribution in [1.82, 2.24) is 0 Å². The van der Waals surface area contributed by atoms with E-state index in [4.69, 9.17) is 14.9 Å². The van der Waals surface area contributed by atoms with Crippen LogP contribution in [0.25, 0.3) is 0 Å². The zero-order valence-electron chi connectivity index (χ0n) is 6.16. The van der Waals surface area contributed by atoms with Gasteiger partial charge in [0.2, 0.25) is 0 Å². The van der Waals surface area contributed by atoms with Crippen LogP contribution in [-0.2, 0) is 4.74 Å². The molecule has 0 saturated heterocycles. The summed E-state index contributed by atoms with van der Waals surface area (Å²) in [5.74, 6) is 0. The summed E-state index contributed by atoms with van der Waals surface area (Å²) in [6, 6.07) is 0. The van der Waals surface area contributed by atoms with Crippen molar-refractivity contribution in [2.45, 2.75) is 19.1 Å². The number of aliphatic hydroxyl groups is 2. The van der Waals surface area contributed by atoms with E-state index in [1.807, 2.05) is 0 Å². The molecule has 0 amide bonds. The minimum absolute atomic E-state index is 0.266. The number of aliphatic hydroxyl groups excluding tert-OH is 2. The molecule has 2 atom stereocenters. The van der Waals surface area contributed by atoms with Gasteiger partial charge in [-0.15, -0.1) is 6.58 Å². The van der Waals surface area contributed by atoms with Crippen molar-refractivity contribution < 1.29 is 14.9 Å². The zero-order chi connectivity index (χ0) is 7.98. The summed E-state index contributed by atoms with van der Waals surface area (Å²) in [7, 11) is 0. The first kappa shape index (κ1) is 9.62. The van der Waals surface area contributed by atoms with E-state index in [0.717, 1.165) is 0 Å². The monoisotopic (exact) mass is 146 g/mol. The van der Waals surface area contributed by atoms with Gasteiger partial charge in [-0.3, -0.25) is 0 Å². The highest BCUT2D eigenvalue weighted by Gasteiger charge is 2.11. The van der Waals surface area contributed by atoms with E-state index in [1.54, 1.807) is 13.0 Å². The predicted octanol–water partition coefficient (Wildman–Crippen LogP) is -0.0693.